The number of nitrogens with zero attached hydrogens (tertiary/aromatic N) is 2. The highest BCUT2D eigenvalue weighted by atomic mass is 32.1. The average Bonchev–Trinajstić information content (AvgIpc) is 3.62. The molecule has 1 spiro atoms. The molecule has 3 heterocycles. The standard InChI is InChI=1S/C28H26N2O3S/c1-29(2)18-13-11-17(12-14-18)23-21-9-5-15-30(21)28(24(23)25(31)22-10-6-16-34-22)26(32)19-7-3-4-8-20(19)27(28)33/h3-4,6-8,10-14,16,21,23-24H,5,9,15H2,1-2H3/t21?,23-,24-/m1/s1. The van der Waals surface area contributed by atoms with Crippen LogP contribution in [0, 0.1) is 5.92 Å². The molecule has 6 rings (SSSR count). The first-order chi connectivity index (χ1) is 16.5. The Balaban J connectivity index is 1.57. The van der Waals surface area contributed by atoms with Crippen LogP contribution in [0.25, 0.3) is 0 Å². The summed E-state index contributed by atoms with van der Waals surface area (Å²) in [6.07, 6.45) is 1.78. The Labute approximate surface area is 203 Å². The first-order valence-corrected chi connectivity index (χ1v) is 12.6. The van der Waals surface area contributed by atoms with Gasteiger partial charge in [-0.1, -0.05) is 42.5 Å². The fourth-order valence-electron chi connectivity index (χ4n) is 6.53. The number of benzene rings is 2. The van der Waals surface area contributed by atoms with Gasteiger partial charge in [0.25, 0.3) is 0 Å². The van der Waals surface area contributed by atoms with Gasteiger partial charge in [-0.25, -0.2) is 0 Å². The number of carbonyl (C=O) groups is 3. The van der Waals surface area contributed by atoms with E-state index in [1.807, 2.05) is 36.5 Å². The van der Waals surface area contributed by atoms with Crippen LogP contribution in [0.15, 0.2) is 66.0 Å². The zero-order chi connectivity index (χ0) is 23.6. The van der Waals surface area contributed by atoms with E-state index in [9.17, 15) is 14.4 Å². The van der Waals surface area contributed by atoms with Gasteiger partial charge >= 0.3 is 0 Å². The monoisotopic (exact) mass is 470 g/mol. The van der Waals surface area contributed by atoms with Crippen LogP contribution in [0.1, 0.15) is 54.7 Å². The second-order valence-electron chi connectivity index (χ2n) is 9.70. The first kappa shape index (κ1) is 21.4. The molecule has 2 saturated heterocycles. The second-order valence-corrected chi connectivity index (χ2v) is 10.7. The fraction of sp³-hybridized carbons (Fsp3) is 0.321. The minimum absolute atomic E-state index is 0.0265. The predicted octanol–water partition coefficient (Wildman–Crippen LogP) is 4.69. The molecule has 3 aliphatic rings. The number of fused-ring (bicyclic) bond motifs is 3. The third-order valence-electron chi connectivity index (χ3n) is 7.93. The van der Waals surface area contributed by atoms with Gasteiger partial charge in [0.2, 0.25) is 0 Å². The van der Waals surface area contributed by atoms with E-state index in [2.05, 4.69) is 29.2 Å². The molecule has 3 aromatic rings. The molecule has 3 atom stereocenters. The largest absolute Gasteiger partial charge is 0.378 e. The number of hydrogen-bond donors (Lipinski definition) is 0. The van der Waals surface area contributed by atoms with Crippen LogP contribution in [-0.4, -0.2) is 54.5 Å². The van der Waals surface area contributed by atoms with Crippen molar-refractivity contribution in [2.75, 3.05) is 25.5 Å². The number of hydrogen-bond acceptors (Lipinski definition) is 6. The van der Waals surface area contributed by atoms with Crippen molar-refractivity contribution in [1.82, 2.24) is 4.90 Å². The van der Waals surface area contributed by atoms with E-state index in [1.54, 1.807) is 24.3 Å². The molecule has 5 nitrogen and oxygen atoms in total. The summed E-state index contributed by atoms with van der Waals surface area (Å²) in [6.45, 7) is 0.649. The zero-order valence-corrected chi connectivity index (χ0v) is 20.0. The topological polar surface area (TPSA) is 57.7 Å². The lowest BCUT2D eigenvalue weighted by molar-refractivity contribution is 0.0473. The maximum absolute atomic E-state index is 14.2. The maximum Gasteiger partial charge on any atom is 0.192 e. The number of rotatable bonds is 4. The van der Waals surface area contributed by atoms with E-state index in [-0.39, 0.29) is 29.3 Å². The van der Waals surface area contributed by atoms with Crippen molar-refractivity contribution in [2.24, 2.45) is 5.92 Å². The Morgan fingerprint density at radius 3 is 2.24 bits per heavy atom. The molecule has 1 aliphatic carbocycles. The van der Waals surface area contributed by atoms with E-state index < -0.39 is 11.5 Å². The van der Waals surface area contributed by atoms with Gasteiger partial charge in [0.1, 0.15) is 0 Å². The van der Waals surface area contributed by atoms with E-state index in [0.717, 1.165) is 24.1 Å². The molecule has 6 heteroatoms. The van der Waals surface area contributed by atoms with Gasteiger partial charge in [0.15, 0.2) is 22.9 Å². The van der Waals surface area contributed by atoms with Crippen LogP contribution < -0.4 is 4.90 Å². The quantitative estimate of drug-likeness (QED) is 0.409. The molecule has 0 amide bonds. The summed E-state index contributed by atoms with van der Waals surface area (Å²) >= 11 is 1.38. The SMILES string of the molecule is CN(C)c1ccc([C@@H]2C3CCCN3C3(C(=O)c4ccccc4C3=O)[C@H]2C(=O)c2cccs2)cc1. The Bertz CT molecular complexity index is 1260. The minimum atomic E-state index is -1.46. The number of anilines is 1. The smallest absolute Gasteiger partial charge is 0.192 e. The van der Waals surface area contributed by atoms with Crippen LogP contribution in [-0.2, 0) is 0 Å². The summed E-state index contributed by atoms with van der Waals surface area (Å²) in [5.41, 5.74) is 1.53. The van der Waals surface area contributed by atoms with Crippen molar-refractivity contribution >= 4 is 34.4 Å². The predicted molar refractivity (Wildman–Crippen MR) is 133 cm³/mol. The average molecular weight is 471 g/mol. The first-order valence-electron chi connectivity index (χ1n) is 11.8. The van der Waals surface area contributed by atoms with Gasteiger partial charge in [0.05, 0.1) is 10.8 Å². The van der Waals surface area contributed by atoms with E-state index in [1.165, 1.54) is 11.3 Å². The lowest BCUT2D eigenvalue weighted by Crippen LogP contribution is -2.58. The molecular formula is C28H26N2O3S. The molecule has 0 N–H and O–H groups in total. The highest BCUT2D eigenvalue weighted by Gasteiger charge is 2.72. The fourth-order valence-corrected chi connectivity index (χ4v) is 7.24. The van der Waals surface area contributed by atoms with E-state index >= 15 is 0 Å². The maximum atomic E-state index is 14.2. The third kappa shape index (κ3) is 2.72. The Hall–Kier alpha value is -3.09. The van der Waals surface area contributed by atoms with Crippen LogP contribution >= 0.6 is 11.3 Å². The number of thiophene rings is 1. The van der Waals surface area contributed by atoms with Crippen LogP contribution in [0.5, 0.6) is 0 Å². The number of carbonyl (C=O) groups excluding carboxylic acids is 3. The van der Waals surface area contributed by atoms with Crippen molar-refractivity contribution < 1.29 is 14.4 Å². The lowest BCUT2D eigenvalue weighted by Gasteiger charge is -2.35. The van der Waals surface area contributed by atoms with Crippen molar-refractivity contribution in [2.45, 2.75) is 30.3 Å². The van der Waals surface area contributed by atoms with Crippen molar-refractivity contribution in [3.63, 3.8) is 0 Å². The van der Waals surface area contributed by atoms with Crippen LogP contribution in [0.4, 0.5) is 5.69 Å². The third-order valence-corrected chi connectivity index (χ3v) is 8.81. The Morgan fingerprint density at radius 1 is 0.971 bits per heavy atom. The molecule has 0 saturated carbocycles. The Morgan fingerprint density at radius 2 is 1.65 bits per heavy atom. The summed E-state index contributed by atoms with van der Waals surface area (Å²) in [4.78, 5) is 47.2. The van der Waals surface area contributed by atoms with E-state index in [0.29, 0.717) is 22.5 Å². The number of Topliss-reactive ketones (excluding diaryl/α,β-unsaturated/α-hetero) is 3. The van der Waals surface area contributed by atoms with Gasteiger partial charge in [-0.05, 0) is 48.5 Å². The van der Waals surface area contributed by atoms with Gasteiger partial charge in [-0.15, -0.1) is 11.3 Å². The highest BCUT2D eigenvalue weighted by Crippen LogP contribution is 2.58. The van der Waals surface area contributed by atoms with Gasteiger partial charge in [-0.3, -0.25) is 19.3 Å². The van der Waals surface area contributed by atoms with Crippen LogP contribution in [0.3, 0.4) is 0 Å². The molecule has 1 aromatic heterocycles. The summed E-state index contributed by atoms with van der Waals surface area (Å²) in [7, 11) is 3.99. The lowest BCUT2D eigenvalue weighted by atomic mass is 9.70. The minimum Gasteiger partial charge on any atom is -0.378 e. The zero-order valence-electron chi connectivity index (χ0n) is 19.2. The molecule has 2 fully saturated rings. The molecule has 34 heavy (non-hydrogen) atoms. The normalized spacial score (nSPS) is 25.1. The summed E-state index contributed by atoms with van der Waals surface area (Å²) in [6, 6.07) is 19.0. The molecular weight excluding hydrogens is 444 g/mol. The summed E-state index contributed by atoms with van der Waals surface area (Å²) < 4.78 is 0. The summed E-state index contributed by atoms with van der Waals surface area (Å²) in [5, 5.41) is 1.88. The molecule has 0 radical (unpaired) electrons. The highest BCUT2D eigenvalue weighted by molar-refractivity contribution is 7.12. The molecule has 2 aromatic carbocycles. The van der Waals surface area contributed by atoms with Gasteiger partial charge < -0.3 is 4.90 Å². The van der Waals surface area contributed by atoms with Gasteiger partial charge in [0, 0.05) is 42.9 Å². The van der Waals surface area contributed by atoms with Crippen molar-refractivity contribution in [3.05, 3.63) is 87.6 Å². The molecule has 1 unspecified atom stereocenters. The second kappa shape index (κ2) is 7.72. The molecule has 0 bridgehead atoms. The van der Waals surface area contributed by atoms with Crippen molar-refractivity contribution in [1.29, 1.82) is 0 Å². The van der Waals surface area contributed by atoms with Crippen LogP contribution in [0.2, 0.25) is 0 Å². The van der Waals surface area contributed by atoms with Gasteiger partial charge in [-0.2, -0.15) is 0 Å². The van der Waals surface area contributed by atoms with E-state index in [4.69, 9.17) is 0 Å². The summed E-state index contributed by atoms with van der Waals surface area (Å²) in [5.74, 6) is -1.49. The van der Waals surface area contributed by atoms with Crippen molar-refractivity contribution in [3.8, 4) is 0 Å². The Kier molecular flexibility index (Phi) is 4.87. The molecule has 2 aliphatic heterocycles. The molecule has 172 valence electrons. The number of ketones is 3.